The predicted octanol–water partition coefficient (Wildman–Crippen LogP) is 3.36. The Morgan fingerprint density at radius 1 is 1.33 bits per heavy atom. The number of hydrogen-bond acceptors (Lipinski definition) is 3. The first kappa shape index (κ1) is 13.2. The highest BCUT2D eigenvalue weighted by Gasteiger charge is 2.38. The molecule has 1 aliphatic carbocycles. The molecule has 0 radical (unpaired) electrons. The Balaban J connectivity index is 1.65. The minimum atomic E-state index is 0.406. The van der Waals surface area contributed by atoms with Gasteiger partial charge >= 0.3 is 0 Å². The third kappa shape index (κ3) is 2.55. The Morgan fingerprint density at radius 3 is 2.83 bits per heavy atom. The van der Waals surface area contributed by atoms with Crippen molar-refractivity contribution in [2.75, 3.05) is 13.1 Å². The molecule has 2 aliphatic rings. The normalized spacial score (nSPS) is 32.7. The van der Waals surface area contributed by atoms with Gasteiger partial charge in [-0.05, 0) is 62.6 Å². The van der Waals surface area contributed by atoms with Crippen LogP contribution in [-0.4, -0.2) is 24.0 Å². The summed E-state index contributed by atoms with van der Waals surface area (Å²) in [4.78, 5) is 2.48. The van der Waals surface area contributed by atoms with Crippen molar-refractivity contribution in [1.29, 1.82) is 0 Å². The van der Waals surface area contributed by atoms with Crippen molar-refractivity contribution in [2.45, 2.75) is 31.8 Å². The molecule has 2 heterocycles. The highest BCUT2D eigenvalue weighted by Crippen LogP contribution is 2.36. The van der Waals surface area contributed by atoms with Gasteiger partial charge in [0.05, 0.1) is 11.0 Å². The number of rotatable bonds is 2. The Bertz CT molecular complexity index is 415. The molecule has 0 amide bonds. The third-order valence-electron chi connectivity index (χ3n) is 4.31. The fourth-order valence-corrected chi connectivity index (χ4v) is 4.09. The molecule has 1 saturated carbocycles. The number of halogens is 2. The monoisotopic (exact) mass is 376 g/mol. The van der Waals surface area contributed by atoms with Gasteiger partial charge in [-0.1, -0.05) is 6.42 Å². The second-order valence-electron chi connectivity index (χ2n) is 5.55. The molecule has 5 heteroatoms. The van der Waals surface area contributed by atoms with E-state index in [9.17, 15) is 0 Å². The fourth-order valence-electron chi connectivity index (χ4n) is 3.43. The molecule has 0 spiro atoms. The van der Waals surface area contributed by atoms with E-state index in [-0.39, 0.29) is 0 Å². The molecular weight excluding hydrogens is 360 g/mol. The smallest absolute Gasteiger partial charge is 0.183 e. The number of nitrogens with two attached hydrogens (primary N) is 1. The zero-order valence-electron chi connectivity index (χ0n) is 10.2. The maximum absolute atomic E-state index is 6.24. The van der Waals surface area contributed by atoms with E-state index in [2.05, 4.69) is 36.8 Å². The zero-order valence-corrected chi connectivity index (χ0v) is 13.4. The van der Waals surface area contributed by atoms with Crippen LogP contribution in [0.1, 0.15) is 25.0 Å². The van der Waals surface area contributed by atoms with Gasteiger partial charge in [0.25, 0.3) is 0 Å². The fraction of sp³-hybridized carbons (Fsp3) is 0.692. The van der Waals surface area contributed by atoms with Crippen LogP contribution in [0.25, 0.3) is 0 Å². The number of likely N-dealkylation sites (tertiary alicyclic amines) is 1. The van der Waals surface area contributed by atoms with Crippen LogP contribution in [0.15, 0.2) is 19.6 Å². The van der Waals surface area contributed by atoms with Crippen LogP contribution in [-0.2, 0) is 6.54 Å². The summed E-state index contributed by atoms with van der Waals surface area (Å²) in [5.41, 5.74) is 6.24. The molecular formula is C13H18Br2N2O. The average Bonchev–Trinajstić information content (AvgIpc) is 2.85. The molecule has 0 aromatic carbocycles. The van der Waals surface area contributed by atoms with Crippen LogP contribution < -0.4 is 5.73 Å². The second-order valence-corrected chi connectivity index (χ2v) is 7.12. The summed E-state index contributed by atoms with van der Waals surface area (Å²) < 4.78 is 7.43. The van der Waals surface area contributed by atoms with E-state index in [1.165, 1.54) is 25.8 Å². The molecule has 3 nitrogen and oxygen atoms in total. The van der Waals surface area contributed by atoms with Crippen molar-refractivity contribution in [1.82, 2.24) is 4.90 Å². The van der Waals surface area contributed by atoms with E-state index in [0.717, 1.165) is 33.9 Å². The van der Waals surface area contributed by atoms with Gasteiger partial charge in [0.2, 0.25) is 0 Å². The largest absolute Gasteiger partial charge is 0.452 e. The predicted molar refractivity (Wildman–Crippen MR) is 78.2 cm³/mol. The Labute approximate surface area is 124 Å². The van der Waals surface area contributed by atoms with E-state index < -0.39 is 0 Å². The molecule has 100 valence electrons. The lowest BCUT2D eigenvalue weighted by atomic mass is 9.78. The minimum Gasteiger partial charge on any atom is -0.452 e. The van der Waals surface area contributed by atoms with Crippen LogP contribution in [0, 0.1) is 11.8 Å². The highest BCUT2D eigenvalue weighted by molar-refractivity contribution is 9.13. The van der Waals surface area contributed by atoms with E-state index in [4.69, 9.17) is 10.2 Å². The summed E-state index contributed by atoms with van der Waals surface area (Å²) in [6.45, 7) is 3.19. The van der Waals surface area contributed by atoms with Gasteiger partial charge in [0.1, 0.15) is 5.76 Å². The maximum atomic E-state index is 6.24. The number of furan rings is 1. The number of hydrogen-bond donors (Lipinski definition) is 1. The zero-order chi connectivity index (χ0) is 12.7. The molecule has 2 fully saturated rings. The molecule has 0 bridgehead atoms. The van der Waals surface area contributed by atoms with Crippen molar-refractivity contribution in [2.24, 2.45) is 17.6 Å². The van der Waals surface area contributed by atoms with Crippen molar-refractivity contribution in [3.05, 3.63) is 21.0 Å². The topological polar surface area (TPSA) is 42.4 Å². The summed E-state index contributed by atoms with van der Waals surface area (Å²) in [7, 11) is 0. The molecule has 3 rings (SSSR count). The van der Waals surface area contributed by atoms with Gasteiger partial charge in [0, 0.05) is 19.1 Å². The quantitative estimate of drug-likeness (QED) is 0.859. The lowest BCUT2D eigenvalue weighted by Crippen LogP contribution is -2.38. The standard InChI is InChI=1S/C13H18Br2N2O/c14-11-4-9(18-13(11)15)6-17-5-8-2-1-3-12(16)10(8)7-17/h4,8,10,12H,1-3,5-7,16H2. The van der Waals surface area contributed by atoms with E-state index >= 15 is 0 Å². The van der Waals surface area contributed by atoms with Crippen molar-refractivity contribution >= 4 is 31.9 Å². The first-order chi connectivity index (χ1) is 8.63. The number of nitrogens with zero attached hydrogens (tertiary/aromatic N) is 1. The van der Waals surface area contributed by atoms with Gasteiger partial charge in [-0.25, -0.2) is 0 Å². The number of fused-ring (bicyclic) bond motifs is 1. The van der Waals surface area contributed by atoms with Crippen LogP contribution >= 0.6 is 31.9 Å². The van der Waals surface area contributed by atoms with Crippen molar-refractivity contribution in [3.8, 4) is 0 Å². The lowest BCUT2D eigenvalue weighted by molar-refractivity contribution is 0.258. The summed E-state index contributed by atoms with van der Waals surface area (Å²) >= 11 is 6.84. The van der Waals surface area contributed by atoms with Crippen LogP contribution in [0.5, 0.6) is 0 Å². The minimum absolute atomic E-state index is 0.406. The highest BCUT2D eigenvalue weighted by atomic mass is 79.9. The van der Waals surface area contributed by atoms with Gasteiger partial charge in [-0.15, -0.1) is 0 Å². The molecule has 3 unspecified atom stereocenters. The Hall–Kier alpha value is 0.160. The van der Waals surface area contributed by atoms with E-state index in [1.807, 2.05) is 6.07 Å². The molecule has 2 N–H and O–H groups in total. The van der Waals surface area contributed by atoms with E-state index in [0.29, 0.717) is 12.0 Å². The summed E-state index contributed by atoms with van der Waals surface area (Å²) in [5.74, 6) is 2.51. The average molecular weight is 378 g/mol. The lowest BCUT2D eigenvalue weighted by Gasteiger charge is -2.29. The summed E-state index contributed by atoms with van der Waals surface area (Å²) in [5, 5.41) is 0. The Morgan fingerprint density at radius 2 is 2.17 bits per heavy atom. The SMILES string of the molecule is NC1CCCC2CN(Cc3cc(Br)c(Br)o3)CC12. The molecule has 3 atom stereocenters. The molecule has 1 aromatic heterocycles. The first-order valence-corrected chi connectivity index (χ1v) is 8.13. The van der Waals surface area contributed by atoms with Crippen molar-refractivity contribution < 1.29 is 4.42 Å². The molecule has 1 saturated heterocycles. The van der Waals surface area contributed by atoms with Crippen LogP contribution in [0.2, 0.25) is 0 Å². The third-order valence-corrected chi connectivity index (χ3v) is 6.02. The summed E-state index contributed by atoms with van der Waals surface area (Å²) in [6.07, 6.45) is 3.85. The van der Waals surface area contributed by atoms with Gasteiger partial charge < -0.3 is 10.2 Å². The Kier molecular flexibility index (Phi) is 3.85. The summed E-state index contributed by atoms with van der Waals surface area (Å²) in [6, 6.07) is 2.45. The van der Waals surface area contributed by atoms with Crippen LogP contribution in [0.4, 0.5) is 0 Å². The maximum Gasteiger partial charge on any atom is 0.183 e. The van der Waals surface area contributed by atoms with Gasteiger partial charge in [-0.3, -0.25) is 4.90 Å². The van der Waals surface area contributed by atoms with E-state index in [1.54, 1.807) is 0 Å². The second kappa shape index (κ2) is 5.27. The first-order valence-electron chi connectivity index (χ1n) is 6.55. The molecule has 18 heavy (non-hydrogen) atoms. The molecule has 1 aliphatic heterocycles. The van der Waals surface area contributed by atoms with Gasteiger partial charge in [-0.2, -0.15) is 0 Å². The van der Waals surface area contributed by atoms with Crippen molar-refractivity contribution in [3.63, 3.8) is 0 Å². The van der Waals surface area contributed by atoms with Crippen LogP contribution in [0.3, 0.4) is 0 Å². The van der Waals surface area contributed by atoms with Gasteiger partial charge in [0.15, 0.2) is 4.67 Å². The molecule has 1 aromatic rings.